The maximum absolute atomic E-state index is 9.84. The molecule has 1 aliphatic rings. The summed E-state index contributed by atoms with van der Waals surface area (Å²) in [6.07, 6.45) is 3.61. The normalized spacial score (nSPS) is 27.1. The van der Waals surface area contributed by atoms with E-state index in [0.717, 1.165) is 11.0 Å². The zero-order chi connectivity index (χ0) is 14.9. The van der Waals surface area contributed by atoms with Crippen molar-refractivity contribution in [2.75, 3.05) is 38.7 Å². The Morgan fingerprint density at radius 1 is 1.62 bits per heavy atom. The van der Waals surface area contributed by atoms with Gasteiger partial charge < -0.3 is 20.1 Å². The zero-order valence-corrected chi connectivity index (χ0v) is 12.3. The molecule has 2 atom stereocenters. The van der Waals surface area contributed by atoms with Crippen LogP contribution in [0.4, 0.5) is 5.95 Å². The van der Waals surface area contributed by atoms with Crippen molar-refractivity contribution in [2.24, 2.45) is 0 Å². The van der Waals surface area contributed by atoms with Crippen LogP contribution in [0.3, 0.4) is 0 Å². The minimum absolute atomic E-state index is 0.0194. The molecule has 3 rings (SSSR count). The lowest BCUT2D eigenvalue weighted by Gasteiger charge is -2.47. The molecule has 2 aromatic rings. The van der Waals surface area contributed by atoms with Crippen LogP contribution >= 0.6 is 0 Å². The number of likely N-dealkylation sites (N-methyl/N-ethyl adjacent to an activating group) is 1. The van der Waals surface area contributed by atoms with Crippen LogP contribution in [-0.2, 0) is 4.74 Å². The first-order valence-electron chi connectivity index (χ1n) is 7.10. The Hall–Kier alpha value is -1.70. The number of nitrogens with zero attached hydrogens (tertiary/aromatic N) is 3. The Bertz CT molecular complexity index is 616. The van der Waals surface area contributed by atoms with Gasteiger partial charge >= 0.3 is 0 Å². The van der Waals surface area contributed by atoms with E-state index < -0.39 is 5.54 Å². The summed E-state index contributed by atoms with van der Waals surface area (Å²) < 4.78 is 5.62. The minimum Gasteiger partial charge on any atom is -0.394 e. The Morgan fingerprint density at radius 3 is 3.29 bits per heavy atom. The molecule has 0 aromatic carbocycles. The Kier molecular flexibility index (Phi) is 3.79. The van der Waals surface area contributed by atoms with Crippen LogP contribution < -0.4 is 5.32 Å². The van der Waals surface area contributed by atoms with Crippen molar-refractivity contribution in [1.82, 2.24) is 19.9 Å². The molecular formula is C14H21N5O2. The highest BCUT2D eigenvalue weighted by Crippen LogP contribution is 2.22. The van der Waals surface area contributed by atoms with Crippen LogP contribution in [0, 0.1) is 0 Å². The van der Waals surface area contributed by atoms with E-state index in [2.05, 4.69) is 32.1 Å². The molecule has 21 heavy (non-hydrogen) atoms. The van der Waals surface area contributed by atoms with Gasteiger partial charge in [-0.1, -0.05) is 0 Å². The average molecular weight is 291 g/mol. The van der Waals surface area contributed by atoms with Crippen LogP contribution in [0.2, 0.25) is 0 Å². The van der Waals surface area contributed by atoms with Gasteiger partial charge in [0.1, 0.15) is 5.65 Å². The predicted molar refractivity (Wildman–Crippen MR) is 80.2 cm³/mol. The summed E-state index contributed by atoms with van der Waals surface area (Å²) in [7, 11) is 2.01. The van der Waals surface area contributed by atoms with Gasteiger partial charge in [0.15, 0.2) is 0 Å². The lowest BCUT2D eigenvalue weighted by Crippen LogP contribution is -2.64. The van der Waals surface area contributed by atoms with E-state index >= 15 is 0 Å². The number of aromatic nitrogens is 3. The second-order valence-corrected chi connectivity index (χ2v) is 5.69. The number of fused-ring (bicyclic) bond motifs is 1. The van der Waals surface area contributed by atoms with Gasteiger partial charge in [-0.05, 0) is 20.0 Å². The van der Waals surface area contributed by atoms with Crippen molar-refractivity contribution in [2.45, 2.75) is 18.5 Å². The molecular weight excluding hydrogens is 270 g/mol. The Morgan fingerprint density at radius 2 is 2.48 bits per heavy atom. The number of aliphatic hydroxyl groups excluding tert-OH is 1. The highest BCUT2D eigenvalue weighted by Gasteiger charge is 2.40. The number of anilines is 1. The topological polar surface area (TPSA) is 86.3 Å². The molecule has 0 spiro atoms. The van der Waals surface area contributed by atoms with Crippen LogP contribution in [0.25, 0.3) is 11.0 Å². The molecule has 114 valence electrons. The number of H-pyrrole nitrogens is 1. The third-order valence-corrected chi connectivity index (χ3v) is 4.31. The number of ether oxygens (including phenoxy) is 1. The molecule has 2 aromatic heterocycles. The van der Waals surface area contributed by atoms with Gasteiger partial charge in [0.2, 0.25) is 5.95 Å². The number of hydrogen-bond donors (Lipinski definition) is 3. The molecule has 0 unspecified atom stereocenters. The first-order chi connectivity index (χ1) is 10.1. The van der Waals surface area contributed by atoms with E-state index in [4.69, 9.17) is 4.74 Å². The fraction of sp³-hybridized carbons (Fsp3) is 0.571. The van der Waals surface area contributed by atoms with E-state index in [9.17, 15) is 5.11 Å². The third kappa shape index (κ3) is 2.59. The zero-order valence-electron chi connectivity index (χ0n) is 12.3. The van der Waals surface area contributed by atoms with Gasteiger partial charge in [-0.2, -0.15) is 4.98 Å². The van der Waals surface area contributed by atoms with Crippen molar-refractivity contribution < 1.29 is 9.84 Å². The van der Waals surface area contributed by atoms with Gasteiger partial charge in [-0.15, -0.1) is 0 Å². The fourth-order valence-electron chi connectivity index (χ4n) is 2.66. The standard InChI is InChI=1S/C14H21N5O2/c1-10-6-21-9-14(8-20,19(10)2)7-17-13-16-5-11-3-4-15-12(11)18-13/h3-5,10,20H,6-9H2,1-2H3,(H2,15,16,17,18)/t10-,14+/m1/s1. The van der Waals surface area contributed by atoms with Crippen molar-refractivity contribution in [1.29, 1.82) is 0 Å². The first-order valence-corrected chi connectivity index (χ1v) is 7.10. The number of aromatic amines is 1. The molecule has 3 heterocycles. The van der Waals surface area contributed by atoms with E-state index in [1.165, 1.54) is 0 Å². The molecule has 7 nitrogen and oxygen atoms in total. The molecule has 0 bridgehead atoms. The summed E-state index contributed by atoms with van der Waals surface area (Å²) in [6.45, 7) is 3.80. The second-order valence-electron chi connectivity index (χ2n) is 5.69. The van der Waals surface area contributed by atoms with Crippen molar-refractivity contribution in [3.63, 3.8) is 0 Å². The minimum atomic E-state index is -0.453. The SMILES string of the molecule is C[C@@H]1COC[C@@](CO)(CNc2ncc3cc[nH]c3n2)N1C. The van der Waals surface area contributed by atoms with Gasteiger partial charge in [0, 0.05) is 30.4 Å². The summed E-state index contributed by atoms with van der Waals surface area (Å²) in [4.78, 5) is 13.9. The van der Waals surface area contributed by atoms with Gasteiger partial charge in [-0.3, -0.25) is 4.90 Å². The van der Waals surface area contributed by atoms with E-state index in [1.54, 1.807) is 6.20 Å². The number of morpholine rings is 1. The number of rotatable bonds is 4. The first kappa shape index (κ1) is 14.2. The van der Waals surface area contributed by atoms with Crippen molar-refractivity contribution in [3.05, 3.63) is 18.5 Å². The van der Waals surface area contributed by atoms with Crippen molar-refractivity contribution >= 4 is 17.0 Å². The second kappa shape index (κ2) is 5.59. The fourth-order valence-corrected chi connectivity index (χ4v) is 2.66. The third-order valence-electron chi connectivity index (χ3n) is 4.31. The summed E-state index contributed by atoms with van der Waals surface area (Å²) in [5.74, 6) is 0.546. The summed E-state index contributed by atoms with van der Waals surface area (Å²) >= 11 is 0. The van der Waals surface area contributed by atoms with Crippen LogP contribution in [-0.4, -0.2) is 70.0 Å². The summed E-state index contributed by atoms with van der Waals surface area (Å²) in [5, 5.41) is 14.0. The highest BCUT2D eigenvalue weighted by molar-refractivity contribution is 5.75. The number of nitrogens with one attached hydrogen (secondary N) is 2. The molecule has 1 saturated heterocycles. The van der Waals surface area contributed by atoms with Crippen LogP contribution in [0.5, 0.6) is 0 Å². The largest absolute Gasteiger partial charge is 0.394 e. The Labute approximate surface area is 123 Å². The quantitative estimate of drug-likeness (QED) is 0.758. The van der Waals surface area contributed by atoms with Crippen molar-refractivity contribution in [3.8, 4) is 0 Å². The van der Waals surface area contributed by atoms with E-state index in [0.29, 0.717) is 25.7 Å². The Balaban J connectivity index is 1.75. The summed E-state index contributed by atoms with van der Waals surface area (Å²) in [5.41, 5.74) is 0.346. The van der Waals surface area contributed by atoms with E-state index in [-0.39, 0.29) is 12.6 Å². The smallest absolute Gasteiger partial charge is 0.224 e. The number of hydrogen-bond acceptors (Lipinski definition) is 6. The molecule has 0 amide bonds. The maximum Gasteiger partial charge on any atom is 0.224 e. The lowest BCUT2D eigenvalue weighted by atomic mass is 9.96. The molecule has 1 fully saturated rings. The molecule has 7 heteroatoms. The predicted octanol–water partition coefficient (Wildman–Crippen LogP) is 0.451. The number of aliphatic hydroxyl groups is 1. The molecule has 3 N–H and O–H groups in total. The van der Waals surface area contributed by atoms with Gasteiger partial charge in [0.05, 0.1) is 25.4 Å². The summed E-state index contributed by atoms with van der Waals surface area (Å²) in [6, 6.07) is 2.19. The van der Waals surface area contributed by atoms with Crippen LogP contribution in [0.15, 0.2) is 18.5 Å². The molecule has 0 radical (unpaired) electrons. The van der Waals surface area contributed by atoms with Gasteiger partial charge in [0.25, 0.3) is 0 Å². The maximum atomic E-state index is 9.84. The monoisotopic (exact) mass is 291 g/mol. The lowest BCUT2D eigenvalue weighted by molar-refractivity contribution is -0.101. The van der Waals surface area contributed by atoms with Crippen LogP contribution in [0.1, 0.15) is 6.92 Å². The molecule has 1 aliphatic heterocycles. The molecule has 0 saturated carbocycles. The van der Waals surface area contributed by atoms with E-state index in [1.807, 2.05) is 19.3 Å². The highest BCUT2D eigenvalue weighted by atomic mass is 16.5. The van der Waals surface area contributed by atoms with Gasteiger partial charge in [-0.25, -0.2) is 4.98 Å². The average Bonchev–Trinajstić information content (AvgIpc) is 2.97. The molecule has 0 aliphatic carbocycles.